The molecule has 2 N–H and O–H groups in total. The van der Waals surface area contributed by atoms with Crippen LogP contribution in [0, 0.1) is 6.92 Å². The van der Waals surface area contributed by atoms with Gasteiger partial charge in [0.15, 0.2) is 5.82 Å². The van der Waals surface area contributed by atoms with E-state index in [0.29, 0.717) is 17.5 Å². The van der Waals surface area contributed by atoms with Crippen LogP contribution in [0.4, 0.5) is 5.82 Å². The molecule has 1 aromatic carbocycles. The summed E-state index contributed by atoms with van der Waals surface area (Å²) in [6.07, 6.45) is 0. The third-order valence-corrected chi connectivity index (χ3v) is 4.78. The minimum Gasteiger partial charge on any atom is -0.360 e. The van der Waals surface area contributed by atoms with Gasteiger partial charge in [-0.1, -0.05) is 43.3 Å². The second-order valence-electron chi connectivity index (χ2n) is 6.47. The molecule has 0 radical (unpaired) electrons. The van der Waals surface area contributed by atoms with Crippen LogP contribution in [0.2, 0.25) is 0 Å². The first-order chi connectivity index (χ1) is 12.3. The summed E-state index contributed by atoms with van der Waals surface area (Å²) in [5, 5.41) is 9.27. The number of hydrogen-bond acceptors (Lipinski definition) is 5. The van der Waals surface area contributed by atoms with E-state index in [1.165, 1.54) is 17.3 Å². The van der Waals surface area contributed by atoms with Crippen molar-refractivity contribution in [3.8, 4) is 0 Å². The van der Waals surface area contributed by atoms with E-state index in [1.54, 1.807) is 13.0 Å². The Balaban J connectivity index is 1.71. The number of aryl methyl sites for hydroxylation is 1. The summed E-state index contributed by atoms with van der Waals surface area (Å²) in [7, 11) is 0. The molecule has 0 fully saturated rings. The molecule has 0 unspecified atom stereocenters. The smallest absolute Gasteiger partial charge is 0.235 e. The molecule has 2 amide bonds. The van der Waals surface area contributed by atoms with Crippen LogP contribution < -0.4 is 10.6 Å². The normalized spacial score (nSPS) is 12.0. The first-order valence-corrected chi connectivity index (χ1v) is 9.70. The maximum atomic E-state index is 12.1. The molecule has 2 aromatic rings. The van der Waals surface area contributed by atoms with Crippen LogP contribution in [0.3, 0.4) is 0 Å². The Hall–Kier alpha value is -2.28. The third-order valence-electron chi connectivity index (χ3n) is 3.84. The van der Waals surface area contributed by atoms with Crippen molar-refractivity contribution in [2.75, 3.05) is 16.8 Å². The molecule has 140 valence electrons. The fourth-order valence-electron chi connectivity index (χ4n) is 2.38. The zero-order valence-corrected chi connectivity index (χ0v) is 16.4. The molecule has 6 nitrogen and oxygen atoms in total. The van der Waals surface area contributed by atoms with Crippen molar-refractivity contribution in [3.63, 3.8) is 0 Å². The molecule has 0 saturated carbocycles. The quantitative estimate of drug-likeness (QED) is 0.736. The molecule has 0 aliphatic rings. The van der Waals surface area contributed by atoms with Crippen molar-refractivity contribution in [2.24, 2.45) is 0 Å². The first-order valence-electron chi connectivity index (χ1n) is 8.55. The minimum atomic E-state index is -0.214. The predicted molar refractivity (Wildman–Crippen MR) is 104 cm³/mol. The number of carbonyl (C=O) groups is 2. The van der Waals surface area contributed by atoms with Crippen molar-refractivity contribution < 1.29 is 14.1 Å². The lowest BCUT2D eigenvalue weighted by Gasteiger charge is -2.15. The van der Waals surface area contributed by atoms with Crippen LogP contribution in [0.15, 0.2) is 34.9 Å². The van der Waals surface area contributed by atoms with Gasteiger partial charge in [0, 0.05) is 6.07 Å². The van der Waals surface area contributed by atoms with Gasteiger partial charge < -0.3 is 15.2 Å². The second kappa shape index (κ2) is 9.43. The summed E-state index contributed by atoms with van der Waals surface area (Å²) >= 11 is 1.26. The summed E-state index contributed by atoms with van der Waals surface area (Å²) in [6, 6.07) is 9.83. The number of nitrogens with zero attached hydrogens (tertiary/aromatic N) is 1. The van der Waals surface area contributed by atoms with Crippen LogP contribution in [-0.4, -0.2) is 28.5 Å². The molecule has 1 heterocycles. The SMILES string of the molecule is Cc1cc(NC(=O)CSCC(=O)N[C@H](C)c2ccc(C(C)C)cc2)no1. The van der Waals surface area contributed by atoms with Gasteiger partial charge in [-0.25, -0.2) is 0 Å². The Bertz CT molecular complexity index is 741. The third kappa shape index (κ3) is 6.22. The predicted octanol–water partition coefficient (Wildman–Crippen LogP) is 3.66. The largest absolute Gasteiger partial charge is 0.360 e. The number of anilines is 1. The number of rotatable bonds is 8. The number of thioether (sulfide) groups is 1. The average molecular weight is 375 g/mol. The highest BCUT2D eigenvalue weighted by atomic mass is 32.2. The lowest BCUT2D eigenvalue weighted by molar-refractivity contribution is -0.119. The second-order valence-corrected chi connectivity index (χ2v) is 7.46. The van der Waals surface area contributed by atoms with Crippen molar-refractivity contribution in [1.29, 1.82) is 0 Å². The van der Waals surface area contributed by atoms with Gasteiger partial charge in [0.25, 0.3) is 0 Å². The van der Waals surface area contributed by atoms with Gasteiger partial charge in [0.1, 0.15) is 5.76 Å². The highest BCUT2D eigenvalue weighted by molar-refractivity contribution is 8.00. The van der Waals surface area contributed by atoms with E-state index in [1.807, 2.05) is 19.1 Å². The standard InChI is InChI=1S/C19H25N3O3S/c1-12(2)15-5-7-16(8-6-15)14(4)20-18(23)10-26-11-19(24)21-17-9-13(3)25-22-17/h5-9,12,14H,10-11H2,1-4H3,(H,20,23)(H,21,22,24)/t14-/m1/s1. The zero-order valence-electron chi connectivity index (χ0n) is 15.5. The monoisotopic (exact) mass is 375 g/mol. The molecule has 1 atom stereocenters. The van der Waals surface area contributed by atoms with E-state index in [-0.39, 0.29) is 29.4 Å². The summed E-state index contributed by atoms with van der Waals surface area (Å²) < 4.78 is 4.88. The number of nitrogens with one attached hydrogen (secondary N) is 2. The Morgan fingerprint density at radius 2 is 1.69 bits per heavy atom. The molecule has 2 rings (SSSR count). The van der Waals surface area contributed by atoms with Gasteiger partial charge in [-0.2, -0.15) is 0 Å². The van der Waals surface area contributed by atoms with Gasteiger partial charge in [0.05, 0.1) is 17.5 Å². The highest BCUT2D eigenvalue weighted by Crippen LogP contribution is 2.18. The Labute approximate surface area is 158 Å². The molecule has 0 bridgehead atoms. The van der Waals surface area contributed by atoms with E-state index in [0.717, 1.165) is 5.56 Å². The minimum absolute atomic E-state index is 0.0729. The molecule has 7 heteroatoms. The van der Waals surface area contributed by atoms with Gasteiger partial charge in [-0.15, -0.1) is 11.8 Å². The van der Waals surface area contributed by atoms with Crippen molar-refractivity contribution in [3.05, 3.63) is 47.2 Å². The fourth-order valence-corrected chi connectivity index (χ4v) is 3.01. The topological polar surface area (TPSA) is 84.2 Å². The molecule has 1 aromatic heterocycles. The molecule has 0 aliphatic heterocycles. The van der Waals surface area contributed by atoms with Gasteiger partial charge >= 0.3 is 0 Å². The molecule has 0 spiro atoms. The van der Waals surface area contributed by atoms with Crippen LogP contribution in [-0.2, 0) is 9.59 Å². The fraction of sp³-hybridized carbons (Fsp3) is 0.421. The summed E-state index contributed by atoms with van der Waals surface area (Å²) in [5.41, 5.74) is 2.34. The van der Waals surface area contributed by atoms with E-state index >= 15 is 0 Å². The van der Waals surface area contributed by atoms with E-state index < -0.39 is 0 Å². The maximum Gasteiger partial charge on any atom is 0.235 e. The Morgan fingerprint density at radius 1 is 1.08 bits per heavy atom. The first kappa shape index (κ1) is 20.0. The van der Waals surface area contributed by atoms with Crippen LogP contribution in [0.1, 0.15) is 49.6 Å². The number of benzene rings is 1. The van der Waals surface area contributed by atoms with Gasteiger partial charge in [-0.3, -0.25) is 9.59 Å². The van der Waals surface area contributed by atoms with Crippen molar-refractivity contribution in [1.82, 2.24) is 10.5 Å². The van der Waals surface area contributed by atoms with E-state index in [4.69, 9.17) is 4.52 Å². The number of hydrogen-bond donors (Lipinski definition) is 2. The maximum absolute atomic E-state index is 12.1. The zero-order chi connectivity index (χ0) is 19.1. The van der Waals surface area contributed by atoms with Crippen LogP contribution in [0.25, 0.3) is 0 Å². The lowest BCUT2D eigenvalue weighted by atomic mass is 10.00. The molecular formula is C19H25N3O3S. The van der Waals surface area contributed by atoms with Crippen LogP contribution in [0.5, 0.6) is 0 Å². The van der Waals surface area contributed by atoms with Crippen molar-refractivity contribution in [2.45, 2.75) is 39.7 Å². The number of amides is 2. The summed E-state index contributed by atoms with van der Waals surface area (Å²) in [6.45, 7) is 8.00. The Kier molecular flexibility index (Phi) is 7.26. The molecule has 26 heavy (non-hydrogen) atoms. The van der Waals surface area contributed by atoms with Gasteiger partial charge in [-0.05, 0) is 30.9 Å². The average Bonchev–Trinajstić information content (AvgIpc) is 2.99. The van der Waals surface area contributed by atoms with Gasteiger partial charge in [0.2, 0.25) is 11.8 Å². The number of aromatic nitrogens is 1. The van der Waals surface area contributed by atoms with Crippen molar-refractivity contribution >= 4 is 29.4 Å². The Morgan fingerprint density at radius 3 is 2.27 bits per heavy atom. The lowest BCUT2D eigenvalue weighted by Crippen LogP contribution is -2.28. The highest BCUT2D eigenvalue weighted by Gasteiger charge is 2.12. The van der Waals surface area contributed by atoms with E-state index in [9.17, 15) is 9.59 Å². The van der Waals surface area contributed by atoms with E-state index in [2.05, 4.69) is 41.8 Å². The summed E-state index contributed by atoms with van der Waals surface area (Å²) in [4.78, 5) is 23.8. The number of carbonyl (C=O) groups excluding carboxylic acids is 2. The molecule has 0 aliphatic carbocycles. The van der Waals surface area contributed by atoms with Crippen LogP contribution >= 0.6 is 11.8 Å². The summed E-state index contributed by atoms with van der Waals surface area (Å²) in [5.74, 6) is 1.58. The molecule has 0 saturated heterocycles. The molecular weight excluding hydrogens is 350 g/mol.